The van der Waals surface area contributed by atoms with Crippen molar-refractivity contribution in [2.24, 2.45) is 5.10 Å². The number of hydrogen-bond acceptors (Lipinski definition) is 8. The number of rotatable bonds is 6. The third kappa shape index (κ3) is 3.90. The molecule has 4 N–H and O–H groups in total. The number of nitrogen functional groups attached to an aromatic ring is 1. The van der Waals surface area contributed by atoms with Crippen molar-refractivity contribution in [1.29, 1.82) is 0 Å². The van der Waals surface area contributed by atoms with Gasteiger partial charge in [-0.25, -0.2) is 0 Å². The Morgan fingerprint density at radius 1 is 1.17 bits per heavy atom. The molecule has 9 nitrogen and oxygen atoms in total. The second-order valence-electron chi connectivity index (χ2n) is 4.34. The Hall–Kier alpha value is -3.23. The molecule has 0 atom stereocenters. The lowest BCUT2D eigenvalue weighted by Crippen LogP contribution is -2.11. The Labute approximate surface area is 132 Å². The van der Waals surface area contributed by atoms with Crippen LogP contribution in [0.25, 0.3) is 0 Å². The molecule has 0 saturated carbocycles. The second-order valence-corrected chi connectivity index (χ2v) is 4.34. The number of benzene rings is 1. The van der Waals surface area contributed by atoms with Crippen molar-refractivity contribution < 1.29 is 14.2 Å². The van der Waals surface area contributed by atoms with Crippen LogP contribution in [0.2, 0.25) is 0 Å². The highest BCUT2D eigenvalue weighted by molar-refractivity contribution is 5.83. The van der Waals surface area contributed by atoms with Crippen molar-refractivity contribution in [2.75, 3.05) is 32.5 Å². The van der Waals surface area contributed by atoms with E-state index in [0.717, 1.165) is 0 Å². The Morgan fingerprint density at radius 2 is 1.83 bits per heavy atom. The first-order chi connectivity index (χ1) is 11.1. The van der Waals surface area contributed by atoms with Crippen LogP contribution in [0.4, 0.5) is 11.8 Å². The summed E-state index contributed by atoms with van der Waals surface area (Å²) in [7, 11) is 4.58. The molecule has 2 rings (SSSR count). The van der Waals surface area contributed by atoms with E-state index in [2.05, 4.69) is 20.5 Å². The smallest absolute Gasteiger partial charge is 0.254 e. The lowest BCUT2D eigenvalue weighted by atomic mass is 10.2. The molecule has 0 unspecified atom stereocenters. The van der Waals surface area contributed by atoms with Gasteiger partial charge in [0.1, 0.15) is 0 Å². The lowest BCUT2D eigenvalue weighted by Gasteiger charge is -2.12. The van der Waals surface area contributed by atoms with Gasteiger partial charge in [0, 0.05) is 11.6 Å². The summed E-state index contributed by atoms with van der Waals surface area (Å²) in [5, 5.41) is 4.00. The third-order valence-corrected chi connectivity index (χ3v) is 2.84. The van der Waals surface area contributed by atoms with Crippen LogP contribution < -0.4 is 30.9 Å². The Bertz CT molecular complexity index is 747. The van der Waals surface area contributed by atoms with Gasteiger partial charge < -0.3 is 19.9 Å². The van der Waals surface area contributed by atoms with Crippen molar-refractivity contribution >= 4 is 18.0 Å². The van der Waals surface area contributed by atoms with Gasteiger partial charge in [-0.05, 0) is 12.1 Å². The molecule has 0 saturated heterocycles. The maximum atomic E-state index is 11.3. The van der Waals surface area contributed by atoms with E-state index < -0.39 is 0 Å². The van der Waals surface area contributed by atoms with Crippen molar-refractivity contribution in [3.63, 3.8) is 0 Å². The molecule has 0 fully saturated rings. The van der Waals surface area contributed by atoms with Crippen molar-refractivity contribution in [1.82, 2.24) is 9.97 Å². The Kier molecular flexibility index (Phi) is 5.03. The third-order valence-electron chi connectivity index (χ3n) is 2.84. The van der Waals surface area contributed by atoms with Gasteiger partial charge in [0.15, 0.2) is 17.3 Å². The van der Waals surface area contributed by atoms with E-state index in [1.165, 1.54) is 33.6 Å². The molecule has 23 heavy (non-hydrogen) atoms. The van der Waals surface area contributed by atoms with Crippen molar-refractivity contribution in [2.45, 2.75) is 0 Å². The molecule has 0 aliphatic rings. The van der Waals surface area contributed by atoms with Gasteiger partial charge in [-0.3, -0.25) is 15.2 Å². The van der Waals surface area contributed by atoms with Crippen LogP contribution in [0.15, 0.2) is 28.1 Å². The number of nitrogens with two attached hydrogens (primary N) is 1. The predicted octanol–water partition coefficient (Wildman–Crippen LogP) is 0.824. The topological polar surface area (TPSA) is 124 Å². The van der Waals surface area contributed by atoms with Crippen molar-refractivity contribution in [3.8, 4) is 17.2 Å². The van der Waals surface area contributed by atoms with Gasteiger partial charge in [-0.2, -0.15) is 10.1 Å². The minimum Gasteiger partial charge on any atom is -0.493 e. The fraction of sp³-hybridized carbons (Fsp3) is 0.214. The first-order valence-electron chi connectivity index (χ1n) is 6.53. The number of H-pyrrole nitrogens is 1. The van der Waals surface area contributed by atoms with Crippen molar-refractivity contribution in [3.05, 3.63) is 34.1 Å². The van der Waals surface area contributed by atoms with E-state index in [0.29, 0.717) is 22.8 Å². The number of nitrogens with one attached hydrogen (secondary N) is 2. The molecule has 0 aliphatic heterocycles. The van der Waals surface area contributed by atoms with E-state index in [4.69, 9.17) is 19.9 Å². The number of aromatic nitrogens is 2. The Balaban J connectivity index is 2.23. The minimum atomic E-state index is -0.372. The van der Waals surface area contributed by atoms with E-state index in [9.17, 15) is 4.79 Å². The van der Waals surface area contributed by atoms with Crippen LogP contribution in [0.1, 0.15) is 5.56 Å². The molecule has 0 bridgehead atoms. The molecule has 0 amide bonds. The van der Waals surface area contributed by atoms with Crippen LogP contribution in [0.5, 0.6) is 17.2 Å². The second kappa shape index (κ2) is 7.16. The first-order valence-corrected chi connectivity index (χ1v) is 6.53. The first kappa shape index (κ1) is 16.1. The largest absolute Gasteiger partial charge is 0.493 e. The van der Waals surface area contributed by atoms with Gasteiger partial charge >= 0.3 is 0 Å². The highest BCUT2D eigenvalue weighted by atomic mass is 16.5. The van der Waals surface area contributed by atoms with Crippen LogP contribution in [-0.2, 0) is 0 Å². The monoisotopic (exact) mass is 319 g/mol. The fourth-order valence-corrected chi connectivity index (χ4v) is 1.88. The zero-order chi connectivity index (χ0) is 16.8. The maximum Gasteiger partial charge on any atom is 0.254 e. The molecule has 0 aliphatic carbocycles. The summed E-state index contributed by atoms with van der Waals surface area (Å²) in [5.41, 5.74) is 8.39. The fourth-order valence-electron chi connectivity index (χ4n) is 1.88. The number of hydrogen-bond donors (Lipinski definition) is 3. The Morgan fingerprint density at radius 3 is 2.35 bits per heavy atom. The van der Waals surface area contributed by atoms with E-state index in [1.807, 2.05) is 0 Å². The average molecular weight is 319 g/mol. The zero-order valence-electron chi connectivity index (χ0n) is 12.9. The number of anilines is 2. The van der Waals surface area contributed by atoms with Crippen LogP contribution in [-0.4, -0.2) is 37.5 Å². The van der Waals surface area contributed by atoms with E-state index in [1.54, 1.807) is 12.1 Å². The van der Waals surface area contributed by atoms with E-state index in [-0.39, 0.29) is 17.3 Å². The molecule has 1 aromatic carbocycles. The average Bonchev–Trinajstić information content (AvgIpc) is 2.52. The van der Waals surface area contributed by atoms with Crippen LogP contribution >= 0.6 is 0 Å². The standard InChI is InChI=1S/C14H17N5O4/c1-21-9-4-8(5-10(22-2)13(9)23-3)7-16-19-11-6-12(20)18-14(15)17-11/h4-7H,1-3H3,(H4,15,17,18,19,20)/b16-7+. The van der Waals surface area contributed by atoms with Crippen LogP contribution in [0, 0.1) is 0 Å². The summed E-state index contributed by atoms with van der Waals surface area (Å²) >= 11 is 0. The molecule has 2 aromatic rings. The van der Waals surface area contributed by atoms with Gasteiger partial charge in [-0.1, -0.05) is 0 Å². The highest BCUT2D eigenvalue weighted by Gasteiger charge is 2.12. The SMILES string of the molecule is COc1cc(/C=N/Nc2cc(=O)[nH]c(N)n2)cc(OC)c1OC. The molecule has 0 spiro atoms. The predicted molar refractivity (Wildman–Crippen MR) is 86.6 cm³/mol. The summed E-state index contributed by atoms with van der Waals surface area (Å²) in [6.07, 6.45) is 1.52. The van der Waals surface area contributed by atoms with Gasteiger partial charge in [0.2, 0.25) is 11.7 Å². The summed E-state index contributed by atoms with van der Waals surface area (Å²) in [5.74, 6) is 1.74. The summed E-state index contributed by atoms with van der Waals surface area (Å²) < 4.78 is 15.7. The summed E-state index contributed by atoms with van der Waals surface area (Å²) in [6, 6.07) is 4.70. The molecular formula is C14H17N5O4. The maximum absolute atomic E-state index is 11.3. The minimum absolute atomic E-state index is 0.00276. The number of aromatic amines is 1. The number of nitrogens with zero attached hydrogens (tertiary/aromatic N) is 2. The molecular weight excluding hydrogens is 302 g/mol. The van der Waals surface area contributed by atoms with E-state index >= 15 is 0 Å². The zero-order valence-corrected chi connectivity index (χ0v) is 12.9. The van der Waals surface area contributed by atoms with Gasteiger partial charge in [-0.15, -0.1) is 0 Å². The number of ether oxygens (including phenoxy) is 3. The molecule has 0 radical (unpaired) electrons. The number of hydrazone groups is 1. The molecule has 122 valence electrons. The van der Waals surface area contributed by atoms with Crippen LogP contribution in [0.3, 0.4) is 0 Å². The lowest BCUT2D eigenvalue weighted by molar-refractivity contribution is 0.324. The summed E-state index contributed by atoms with van der Waals surface area (Å²) in [4.78, 5) is 17.5. The van der Waals surface area contributed by atoms with Gasteiger partial charge in [0.25, 0.3) is 5.56 Å². The molecule has 9 heteroatoms. The highest BCUT2D eigenvalue weighted by Crippen LogP contribution is 2.37. The summed E-state index contributed by atoms with van der Waals surface area (Å²) in [6.45, 7) is 0. The number of methoxy groups -OCH3 is 3. The molecule has 1 heterocycles. The quantitative estimate of drug-likeness (QED) is 0.532. The molecule has 1 aromatic heterocycles. The van der Waals surface area contributed by atoms with Gasteiger partial charge in [0.05, 0.1) is 27.5 Å². The normalized spacial score (nSPS) is 10.6.